The number of halogens is 1. The van der Waals surface area contributed by atoms with Gasteiger partial charge in [0.2, 0.25) is 0 Å². The van der Waals surface area contributed by atoms with Crippen LogP contribution in [0.25, 0.3) is 0 Å². The number of hydrogen-bond donors (Lipinski definition) is 1. The number of nitrogens with one attached hydrogen (secondary N) is 1. The minimum Gasteiger partial charge on any atom is -0.346 e. The highest BCUT2D eigenvalue weighted by Gasteiger charge is 2.25. The summed E-state index contributed by atoms with van der Waals surface area (Å²) in [6.45, 7) is 2.99. The van der Waals surface area contributed by atoms with Crippen molar-refractivity contribution in [2.75, 3.05) is 0 Å². The van der Waals surface area contributed by atoms with Gasteiger partial charge in [-0.1, -0.05) is 23.7 Å². The van der Waals surface area contributed by atoms with E-state index in [9.17, 15) is 25.0 Å². The van der Waals surface area contributed by atoms with E-state index in [-0.39, 0.29) is 11.1 Å². The number of nitro groups is 2. The van der Waals surface area contributed by atoms with Crippen molar-refractivity contribution in [2.45, 2.75) is 19.9 Å². The first-order chi connectivity index (χ1) is 11.7. The maximum Gasteiger partial charge on any atom is 0.279 e. The molecule has 1 atom stereocenters. The Bertz CT molecular complexity index is 816. The van der Waals surface area contributed by atoms with Crippen LogP contribution < -0.4 is 5.32 Å². The fraction of sp³-hybridized carbons (Fsp3) is 0.188. The van der Waals surface area contributed by atoms with Crippen molar-refractivity contribution in [3.05, 3.63) is 78.3 Å². The first kappa shape index (κ1) is 18.3. The van der Waals surface area contributed by atoms with E-state index in [0.29, 0.717) is 5.02 Å². The molecule has 8 nitrogen and oxygen atoms in total. The normalized spacial score (nSPS) is 11.6. The predicted molar refractivity (Wildman–Crippen MR) is 91.8 cm³/mol. The molecule has 0 radical (unpaired) electrons. The zero-order valence-corrected chi connectivity index (χ0v) is 14.1. The van der Waals surface area contributed by atoms with Crippen molar-refractivity contribution >= 4 is 28.9 Å². The van der Waals surface area contributed by atoms with E-state index in [1.54, 1.807) is 31.2 Å². The monoisotopic (exact) mass is 363 g/mol. The highest BCUT2D eigenvalue weighted by Crippen LogP contribution is 2.29. The van der Waals surface area contributed by atoms with Crippen LogP contribution in [-0.2, 0) is 0 Å². The Labute approximate surface area is 147 Å². The first-order valence-electron chi connectivity index (χ1n) is 7.20. The molecule has 130 valence electrons. The zero-order valence-electron chi connectivity index (χ0n) is 13.4. The maximum atomic E-state index is 12.4. The summed E-state index contributed by atoms with van der Waals surface area (Å²) in [5, 5.41) is 25.4. The van der Waals surface area contributed by atoms with Crippen LogP contribution in [0.3, 0.4) is 0 Å². The molecule has 1 N–H and O–H groups in total. The molecular formula is C16H14ClN3O5. The minimum absolute atomic E-state index is 0.0997. The second kappa shape index (κ2) is 7.27. The molecule has 0 aliphatic heterocycles. The van der Waals surface area contributed by atoms with Crippen molar-refractivity contribution in [3.8, 4) is 0 Å². The summed E-state index contributed by atoms with van der Waals surface area (Å²) in [6.07, 6.45) is 0. The van der Waals surface area contributed by atoms with Gasteiger partial charge in [0.1, 0.15) is 5.56 Å². The number of benzene rings is 2. The van der Waals surface area contributed by atoms with E-state index in [1.807, 2.05) is 0 Å². The molecule has 1 amide bonds. The highest BCUT2D eigenvalue weighted by atomic mass is 35.5. The fourth-order valence-electron chi connectivity index (χ4n) is 2.31. The molecule has 0 saturated carbocycles. The third kappa shape index (κ3) is 4.10. The molecule has 0 unspecified atom stereocenters. The van der Waals surface area contributed by atoms with Gasteiger partial charge in [-0.15, -0.1) is 0 Å². The maximum absolute atomic E-state index is 12.4. The summed E-state index contributed by atoms with van der Waals surface area (Å²) in [5.74, 6) is -0.645. The van der Waals surface area contributed by atoms with Crippen molar-refractivity contribution in [1.82, 2.24) is 5.32 Å². The lowest BCUT2D eigenvalue weighted by Gasteiger charge is -2.14. The highest BCUT2D eigenvalue weighted by molar-refractivity contribution is 6.30. The molecule has 9 heteroatoms. The van der Waals surface area contributed by atoms with Crippen LogP contribution in [0, 0.1) is 27.2 Å². The number of nitro benzene ring substituents is 2. The number of nitrogens with zero attached hydrogens (tertiary/aromatic N) is 2. The minimum atomic E-state index is -0.748. The summed E-state index contributed by atoms with van der Waals surface area (Å²) in [4.78, 5) is 33.0. The summed E-state index contributed by atoms with van der Waals surface area (Å²) < 4.78 is 0. The molecule has 0 aliphatic rings. The second-order valence-corrected chi connectivity index (χ2v) is 5.84. The summed E-state index contributed by atoms with van der Waals surface area (Å²) in [7, 11) is 0. The topological polar surface area (TPSA) is 115 Å². The summed E-state index contributed by atoms with van der Waals surface area (Å²) in [6, 6.07) is 8.45. The van der Waals surface area contributed by atoms with Gasteiger partial charge >= 0.3 is 0 Å². The third-order valence-electron chi connectivity index (χ3n) is 3.73. The van der Waals surface area contributed by atoms with E-state index in [0.717, 1.165) is 17.7 Å². The van der Waals surface area contributed by atoms with Gasteiger partial charge in [0, 0.05) is 17.2 Å². The van der Waals surface area contributed by atoms with Gasteiger partial charge in [-0.2, -0.15) is 0 Å². The van der Waals surface area contributed by atoms with E-state index >= 15 is 0 Å². The Morgan fingerprint density at radius 3 is 2.00 bits per heavy atom. The average molecular weight is 364 g/mol. The first-order valence-corrected chi connectivity index (χ1v) is 7.58. The number of hydrogen-bond acceptors (Lipinski definition) is 5. The Kier molecular flexibility index (Phi) is 5.33. The van der Waals surface area contributed by atoms with Gasteiger partial charge in [0.05, 0.1) is 21.5 Å². The van der Waals surface area contributed by atoms with Gasteiger partial charge in [-0.3, -0.25) is 25.0 Å². The Morgan fingerprint density at radius 1 is 1.08 bits per heavy atom. The molecule has 0 bridgehead atoms. The van der Waals surface area contributed by atoms with Gasteiger partial charge < -0.3 is 5.32 Å². The molecule has 0 aliphatic carbocycles. The number of carbonyl (C=O) groups is 1. The fourth-order valence-corrected chi connectivity index (χ4v) is 2.44. The molecule has 2 aromatic carbocycles. The number of carbonyl (C=O) groups excluding carboxylic acids is 1. The lowest BCUT2D eigenvalue weighted by molar-refractivity contribution is -0.395. The molecule has 0 fully saturated rings. The van der Waals surface area contributed by atoms with Crippen LogP contribution >= 0.6 is 11.6 Å². The van der Waals surface area contributed by atoms with Crippen LogP contribution in [0.15, 0.2) is 36.4 Å². The number of amides is 1. The van der Waals surface area contributed by atoms with E-state index < -0.39 is 33.2 Å². The Balaban J connectivity index is 2.33. The second-order valence-electron chi connectivity index (χ2n) is 5.40. The van der Waals surface area contributed by atoms with Gasteiger partial charge in [-0.05, 0) is 31.5 Å². The molecule has 0 spiro atoms. The van der Waals surface area contributed by atoms with E-state index in [2.05, 4.69) is 5.32 Å². The lowest BCUT2D eigenvalue weighted by atomic mass is 10.1. The van der Waals surface area contributed by atoms with Crippen LogP contribution in [0.2, 0.25) is 5.02 Å². The van der Waals surface area contributed by atoms with Gasteiger partial charge in [-0.25, -0.2) is 0 Å². The van der Waals surface area contributed by atoms with E-state index in [1.165, 1.54) is 6.92 Å². The van der Waals surface area contributed by atoms with Gasteiger partial charge in [0.15, 0.2) is 0 Å². The van der Waals surface area contributed by atoms with Crippen molar-refractivity contribution in [1.29, 1.82) is 0 Å². The predicted octanol–water partition coefficient (Wildman–Crippen LogP) is 3.96. The SMILES string of the molecule is Cc1c([N+](=O)[O-])cc(C(=O)N[C@@H](C)c2ccc(Cl)cc2)cc1[N+](=O)[O-]. The van der Waals surface area contributed by atoms with Crippen LogP contribution in [0.5, 0.6) is 0 Å². The molecule has 2 rings (SSSR count). The smallest absolute Gasteiger partial charge is 0.279 e. The summed E-state index contributed by atoms with van der Waals surface area (Å²) in [5.41, 5.74) is -0.423. The Morgan fingerprint density at radius 2 is 1.56 bits per heavy atom. The van der Waals surface area contributed by atoms with E-state index in [4.69, 9.17) is 11.6 Å². The third-order valence-corrected chi connectivity index (χ3v) is 3.98. The van der Waals surface area contributed by atoms with Gasteiger partial charge in [0.25, 0.3) is 17.3 Å². The van der Waals surface area contributed by atoms with Crippen LogP contribution in [-0.4, -0.2) is 15.8 Å². The average Bonchev–Trinajstić information content (AvgIpc) is 2.54. The van der Waals surface area contributed by atoms with Crippen molar-refractivity contribution in [3.63, 3.8) is 0 Å². The summed E-state index contributed by atoms with van der Waals surface area (Å²) >= 11 is 5.81. The standard InChI is InChI=1S/C16H14ClN3O5/c1-9-14(19(22)23)7-12(8-15(9)20(24)25)16(21)18-10(2)11-3-5-13(17)6-4-11/h3-8,10H,1-2H3,(H,18,21)/t10-/m0/s1. The number of rotatable bonds is 5. The van der Waals surface area contributed by atoms with Crippen LogP contribution in [0.1, 0.15) is 34.5 Å². The molecule has 0 heterocycles. The van der Waals surface area contributed by atoms with Crippen molar-refractivity contribution in [2.24, 2.45) is 0 Å². The molecule has 2 aromatic rings. The van der Waals surface area contributed by atoms with Crippen molar-refractivity contribution < 1.29 is 14.6 Å². The molecule has 0 aromatic heterocycles. The Hall–Kier alpha value is -3.00. The quantitative estimate of drug-likeness (QED) is 0.637. The molecule has 0 saturated heterocycles. The molecule has 25 heavy (non-hydrogen) atoms. The largest absolute Gasteiger partial charge is 0.346 e. The molecular weight excluding hydrogens is 350 g/mol. The van der Waals surface area contributed by atoms with Crippen LogP contribution in [0.4, 0.5) is 11.4 Å². The zero-order chi connectivity index (χ0) is 18.7. The lowest BCUT2D eigenvalue weighted by Crippen LogP contribution is -2.26.